The molecule has 0 spiro atoms. The molecular weight excluding hydrogens is 224 g/mol. The third-order valence-corrected chi connectivity index (χ3v) is 2.54. The number of hydrogen-bond donors (Lipinski definition) is 1. The van der Waals surface area contributed by atoms with Crippen molar-refractivity contribution >= 4 is 17.7 Å². The average Bonchev–Trinajstić information content (AvgIpc) is 2.40. The number of carbonyl (C=O) groups is 1. The molecule has 0 fully saturated rings. The van der Waals surface area contributed by atoms with E-state index in [1.54, 1.807) is 18.5 Å². The van der Waals surface area contributed by atoms with Crippen LogP contribution in [0.4, 0.5) is 5.69 Å². The van der Waals surface area contributed by atoms with E-state index in [4.69, 9.17) is 0 Å². The second kappa shape index (κ2) is 5.77. The quantitative estimate of drug-likeness (QED) is 0.835. The van der Waals surface area contributed by atoms with Gasteiger partial charge >= 0.3 is 0 Å². The molecule has 1 amide bonds. The predicted molar refractivity (Wildman–Crippen MR) is 73.1 cm³/mol. The Hall–Kier alpha value is -2.42. The first kappa shape index (κ1) is 12.0. The number of nitrogens with one attached hydrogen (secondary N) is 1. The number of aryl methyl sites for hydroxylation is 1. The first-order valence-corrected chi connectivity index (χ1v) is 5.70. The van der Waals surface area contributed by atoms with Gasteiger partial charge in [-0.25, -0.2) is 0 Å². The molecule has 0 bridgehead atoms. The highest BCUT2D eigenvalue weighted by molar-refractivity contribution is 6.02. The van der Waals surface area contributed by atoms with Crippen LogP contribution in [0.2, 0.25) is 0 Å². The van der Waals surface area contributed by atoms with Gasteiger partial charge in [0.15, 0.2) is 0 Å². The number of aromatic nitrogens is 1. The standard InChI is InChI=1S/C15H14N2O/c1-12-4-2-3-5-14(12)17-15(18)7-6-13-8-10-16-11-9-13/h2-11H,1H3,(H,17,18). The smallest absolute Gasteiger partial charge is 0.248 e. The molecule has 90 valence electrons. The Kier molecular flexibility index (Phi) is 3.86. The van der Waals surface area contributed by atoms with Crippen LogP contribution in [0, 0.1) is 6.92 Å². The minimum Gasteiger partial charge on any atom is -0.322 e. The third kappa shape index (κ3) is 3.28. The first-order chi connectivity index (χ1) is 8.75. The summed E-state index contributed by atoms with van der Waals surface area (Å²) in [6, 6.07) is 11.4. The summed E-state index contributed by atoms with van der Waals surface area (Å²) in [4.78, 5) is 15.6. The summed E-state index contributed by atoms with van der Waals surface area (Å²) in [5, 5.41) is 2.84. The van der Waals surface area contributed by atoms with Gasteiger partial charge in [-0.3, -0.25) is 9.78 Å². The fraction of sp³-hybridized carbons (Fsp3) is 0.0667. The van der Waals surface area contributed by atoms with E-state index in [0.717, 1.165) is 16.8 Å². The highest BCUT2D eigenvalue weighted by atomic mass is 16.1. The van der Waals surface area contributed by atoms with E-state index in [2.05, 4.69) is 10.3 Å². The van der Waals surface area contributed by atoms with E-state index >= 15 is 0 Å². The van der Waals surface area contributed by atoms with Crippen molar-refractivity contribution in [3.63, 3.8) is 0 Å². The number of carbonyl (C=O) groups excluding carboxylic acids is 1. The predicted octanol–water partition coefficient (Wildman–Crippen LogP) is 3.04. The van der Waals surface area contributed by atoms with Gasteiger partial charge in [-0.15, -0.1) is 0 Å². The molecule has 0 atom stereocenters. The third-order valence-electron chi connectivity index (χ3n) is 2.54. The van der Waals surface area contributed by atoms with E-state index in [0.29, 0.717) is 0 Å². The summed E-state index contributed by atoms with van der Waals surface area (Å²) >= 11 is 0. The van der Waals surface area contributed by atoms with Crippen LogP contribution in [0.25, 0.3) is 6.08 Å². The maximum absolute atomic E-state index is 11.7. The fourth-order valence-corrected chi connectivity index (χ4v) is 1.53. The summed E-state index contributed by atoms with van der Waals surface area (Å²) in [5.41, 5.74) is 2.83. The number of rotatable bonds is 3. The number of nitrogens with zero attached hydrogens (tertiary/aromatic N) is 1. The van der Waals surface area contributed by atoms with Crippen LogP contribution in [0.1, 0.15) is 11.1 Å². The SMILES string of the molecule is Cc1ccccc1NC(=O)C=Cc1ccncc1. The zero-order valence-corrected chi connectivity index (χ0v) is 10.1. The Morgan fingerprint density at radius 3 is 2.61 bits per heavy atom. The molecule has 0 aliphatic heterocycles. The number of amides is 1. The largest absolute Gasteiger partial charge is 0.322 e. The topological polar surface area (TPSA) is 42.0 Å². The van der Waals surface area contributed by atoms with Crippen molar-refractivity contribution in [2.24, 2.45) is 0 Å². The number of pyridine rings is 1. The average molecular weight is 238 g/mol. The second-order valence-electron chi connectivity index (χ2n) is 3.92. The van der Waals surface area contributed by atoms with Crippen molar-refractivity contribution in [2.45, 2.75) is 6.92 Å². The van der Waals surface area contributed by atoms with E-state index < -0.39 is 0 Å². The second-order valence-corrected chi connectivity index (χ2v) is 3.92. The van der Waals surface area contributed by atoms with Gasteiger partial charge < -0.3 is 5.32 Å². The monoisotopic (exact) mass is 238 g/mol. The van der Waals surface area contributed by atoms with Crippen molar-refractivity contribution in [2.75, 3.05) is 5.32 Å². The molecule has 3 nitrogen and oxygen atoms in total. The molecule has 1 aromatic heterocycles. The molecule has 1 heterocycles. The zero-order chi connectivity index (χ0) is 12.8. The molecule has 0 radical (unpaired) electrons. The fourth-order valence-electron chi connectivity index (χ4n) is 1.53. The van der Waals surface area contributed by atoms with Crippen LogP contribution in [-0.2, 0) is 4.79 Å². The number of benzene rings is 1. The molecule has 3 heteroatoms. The molecule has 1 aromatic carbocycles. The van der Waals surface area contributed by atoms with E-state index in [9.17, 15) is 4.79 Å². The molecule has 0 aliphatic rings. The lowest BCUT2D eigenvalue weighted by atomic mass is 10.2. The van der Waals surface area contributed by atoms with Crippen molar-refractivity contribution < 1.29 is 4.79 Å². The summed E-state index contributed by atoms with van der Waals surface area (Å²) in [6.07, 6.45) is 6.66. The molecular formula is C15H14N2O. The minimum absolute atomic E-state index is 0.138. The molecule has 0 unspecified atom stereocenters. The Bertz CT molecular complexity index is 562. The first-order valence-electron chi connectivity index (χ1n) is 5.70. The number of hydrogen-bond acceptors (Lipinski definition) is 2. The molecule has 2 rings (SSSR count). The molecule has 18 heavy (non-hydrogen) atoms. The van der Waals surface area contributed by atoms with Gasteiger partial charge in [-0.05, 0) is 42.3 Å². The normalized spacial score (nSPS) is 10.5. The van der Waals surface area contributed by atoms with Gasteiger partial charge in [0.25, 0.3) is 0 Å². The van der Waals surface area contributed by atoms with Crippen molar-refractivity contribution in [3.05, 3.63) is 66.0 Å². The van der Waals surface area contributed by atoms with Crippen molar-refractivity contribution in [1.29, 1.82) is 0 Å². The van der Waals surface area contributed by atoms with Gasteiger partial charge in [-0.2, -0.15) is 0 Å². The van der Waals surface area contributed by atoms with Gasteiger partial charge in [0.05, 0.1) is 0 Å². The van der Waals surface area contributed by atoms with Gasteiger partial charge in [-0.1, -0.05) is 18.2 Å². The van der Waals surface area contributed by atoms with Crippen molar-refractivity contribution in [1.82, 2.24) is 4.98 Å². The summed E-state index contributed by atoms with van der Waals surface area (Å²) < 4.78 is 0. The van der Waals surface area contributed by atoms with E-state index in [1.807, 2.05) is 43.3 Å². The Balaban J connectivity index is 2.02. The maximum Gasteiger partial charge on any atom is 0.248 e. The van der Waals surface area contributed by atoms with Gasteiger partial charge in [0.2, 0.25) is 5.91 Å². The van der Waals surface area contributed by atoms with Crippen LogP contribution in [-0.4, -0.2) is 10.9 Å². The van der Waals surface area contributed by atoms with Crippen LogP contribution in [0.3, 0.4) is 0 Å². The highest BCUT2D eigenvalue weighted by Gasteiger charge is 1.99. The lowest BCUT2D eigenvalue weighted by Gasteiger charge is -2.05. The lowest BCUT2D eigenvalue weighted by molar-refractivity contribution is -0.111. The molecule has 0 saturated carbocycles. The highest BCUT2D eigenvalue weighted by Crippen LogP contribution is 2.13. The number of anilines is 1. The lowest BCUT2D eigenvalue weighted by Crippen LogP contribution is -2.08. The Morgan fingerprint density at radius 2 is 1.89 bits per heavy atom. The van der Waals surface area contributed by atoms with E-state index in [1.165, 1.54) is 6.08 Å². The van der Waals surface area contributed by atoms with Crippen LogP contribution in [0.5, 0.6) is 0 Å². The zero-order valence-electron chi connectivity index (χ0n) is 10.1. The summed E-state index contributed by atoms with van der Waals surface area (Å²) in [7, 11) is 0. The van der Waals surface area contributed by atoms with Crippen LogP contribution < -0.4 is 5.32 Å². The van der Waals surface area contributed by atoms with Crippen molar-refractivity contribution in [3.8, 4) is 0 Å². The van der Waals surface area contributed by atoms with Gasteiger partial charge in [0, 0.05) is 24.2 Å². The van der Waals surface area contributed by atoms with Gasteiger partial charge in [0.1, 0.15) is 0 Å². The van der Waals surface area contributed by atoms with Crippen LogP contribution >= 0.6 is 0 Å². The number of para-hydroxylation sites is 1. The van der Waals surface area contributed by atoms with E-state index in [-0.39, 0.29) is 5.91 Å². The molecule has 1 N–H and O–H groups in total. The Morgan fingerprint density at radius 1 is 1.17 bits per heavy atom. The maximum atomic E-state index is 11.7. The summed E-state index contributed by atoms with van der Waals surface area (Å²) in [6.45, 7) is 1.96. The Labute approximate surface area is 106 Å². The minimum atomic E-state index is -0.138. The molecule has 0 aliphatic carbocycles. The summed E-state index contributed by atoms with van der Waals surface area (Å²) in [5.74, 6) is -0.138. The molecule has 2 aromatic rings. The van der Waals surface area contributed by atoms with Crippen LogP contribution in [0.15, 0.2) is 54.9 Å². The molecule has 0 saturated heterocycles.